The average molecular weight is 234 g/mol. The lowest BCUT2D eigenvalue weighted by atomic mass is 9.87. The van der Waals surface area contributed by atoms with Crippen LogP contribution in [0.1, 0.15) is 5.56 Å². The number of fused-ring (bicyclic) bond motifs is 1. The minimum atomic E-state index is -1.13. The molecule has 0 bridgehead atoms. The van der Waals surface area contributed by atoms with Crippen LogP contribution in [0.3, 0.4) is 0 Å². The summed E-state index contributed by atoms with van der Waals surface area (Å²) in [4.78, 5) is 14.6. The van der Waals surface area contributed by atoms with Gasteiger partial charge in [0.05, 0.1) is 5.03 Å². The topological polar surface area (TPSA) is 53.1 Å². The monoisotopic (exact) mass is 233 g/mol. The Morgan fingerprint density at radius 2 is 2.06 bits per heavy atom. The molecular formula is C12H8ClNO2. The number of Topliss-reactive ketones (excluding diaryl/α,β-unsaturated/α-hetero) is 1. The maximum Gasteiger partial charge on any atom is 0.198 e. The van der Waals surface area contributed by atoms with E-state index in [2.05, 4.69) is 4.98 Å². The van der Waals surface area contributed by atoms with E-state index >= 15 is 0 Å². The number of H-pyrrole nitrogens is 1. The summed E-state index contributed by atoms with van der Waals surface area (Å²) in [5, 5.41) is 10.4. The fourth-order valence-electron chi connectivity index (χ4n) is 1.97. The molecule has 0 radical (unpaired) electrons. The molecule has 2 N–H and O–H groups in total. The Kier molecular flexibility index (Phi) is 1.93. The van der Waals surface area contributed by atoms with Gasteiger partial charge in [0.25, 0.3) is 0 Å². The zero-order valence-electron chi connectivity index (χ0n) is 8.20. The number of carbonyl (C=O) groups is 1. The molecule has 0 fully saturated rings. The fraction of sp³-hybridized carbons (Fsp3) is 0.0833. The lowest BCUT2D eigenvalue weighted by Gasteiger charge is -2.23. The van der Waals surface area contributed by atoms with Gasteiger partial charge in [0.15, 0.2) is 11.9 Å². The number of para-hydroxylation sites is 1. The van der Waals surface area contributed by atoms with Crippen molar-refractivity contribution in [2.24, 2.45) is 0 Å². The van der Waals surface area contributed by atoms with Crippen LogP contribution < -0.4 is 0 Å². The van der Waals surface area contributed by atoms with Crippen LogP contribution in [0.15, 0.2) is 35.5 Å². The summed E-state index contributed by atoms with van der Waals surface area (Å²) in [6, 6.07) is 7.65. The van der Waals surface area contributed by atoms with E-state index in [0.717, 1.165) is 16.5 Å². The van der Waals surface area contributed by atoms with Crippen molar-refractivity contribution >= 4 is 33.9 Å². The standard InChI is InChI=1S/C12H8ClNO2/c13-10-9(11(15)12(10)16)7-5-14-8-4-2-1-3-6(7)8/h1-5,12,14,16H. The minimum absolute atomic E-state index is 0.231. The van der Waals surface area contributed by atoms with Crippen LogP contribution in [-0.2, 0) is 4.79 Å². The molecule has 2 aromatic rings. The second-order valence-electron chi connectivity index (χ2n) is 3.74. The Morgan fingerprint density at radius 1 is 1.31 bits per heavy atom. The highest BCUT2D eigenvalue weighted by Crippen LogP contribution is 2.38. The molecule has 3 nitrogen and oxygen atoms in total. The Bertz CT molecular complexity index is 627. The van der Waals surface area contributed by atoms with Gasteiger partial charge in [-0.05, 0) is 6.07 Å². The summed E-state index contributed by atoms with van der Waals surface area (Å²) in [5.41, 5.74) is 2.13. The maximum atomic E-state index is 11.5. The molecule has 0 spiro atoms. The van der Waals surface area contributed by atoms with Gasteiger partial charge in [0, 0.05) is 28.2 Å². The van der Waals surface area contributed by atoms with Gasteiger partial charge in [-0.1, -0.05) is 29.8 Å². The SMILES string of the molecule is O=C1C(c2c[nH]c3ccccc23)=C(Cl)C1O. The largest absolute Gasteiger partial charge is 0.379 e. The highest BCUT2D eigenvalue weighted by Gasteiger charge is 2.38. The molecular weight excluding hydrogens is 226 g/mol. The smallest absolute Gasteiger partial charge is 0.198 e. The number of aliphatic hydroxyl groups is 1. The number of aromatic nitrogens is 1. The van der Waals surface area contributed by atoms with Gasteiger partial charge in [-0.3, -0.25) is 4.79 Å². The molecule has 16 heavy (non-hydrogen) atoms. The molecule has 1 aromatic carbocycles. The van der Waals surface area contributed by atoms with E-state index in [0.29, 0.717) is 5.57 Å². The summed E-state index contributed by atoms with van der Waals surface area (Å²) < 4.78 is 0. The molecule has 0 saturated carbocycles. The van der Waals surface area contributed by atoms with Crippen LogP contribution in [-0.4, -0.2) is 22.0 Å². The molecule has 1 heterocycles. The summed E-state index contributed by atoms with van der Waals surface area (Å²) >= 11 is 5.85. The summed E-state index contributed by atoms with van der Waals surface area (Å²) in [6.07, 6.45) is 0.608. The van der Waals surface area contributed by atoms with Crippen molar-refractivity contribution in [3.8, 4) is 0 Å². The average Bonchev–Trinajstić information content (AvgIpc) is 2.73. The number of hydrogen-bond donors (Lipinski definition) is 2. The predicted molar refractivity (Wildman–Crippen MR) is 62.1 cm³/mol. The van der Waals surface area contributed by atoms with E-state index in [4.69, 9.17) is 11.6 Å². The molecule has 1 aliphatic carbocycles. The molecule has 0 saturated heterocycles. The first-order valence-electron chi connectivity index (χ1n) is 4.88. The zero-order chi connectivity index (χ0) is 11.3. The number of aliphatic hydroxyl groups excluding tert-OH is 1. The molecule has 3 rings (SSSR count). The quantitative estimate of drug-likeness (QED) is 0.792. The normalized spacial score (nSPS) is 20.4. The van der Waals surface area contributed by atoms with Crippen molar-refractivity contribution in [1.82, 2.24) is 4.98 Å². The maximum absolute atomic E-state index is 11.5. The Morgan fingerprint density at radius 3 is 2.81 bits per heavy atom. The van der Waals surface area contributed by atoms with E-state index in [-0.39, 0.29) is 10.8 Å². The van der Waals surface area contributed by atoms with Crippen LogP contribution in [0.4, 0.5) is 0 Å². The first-order valence-corrected chi connectivity index (χ1v) is 5.26. The van der Waals surface area contributed by atoms with Gasteiger partial charge in [-0.2, -0.15) is 0 Å². The Labute approximate surface area is 96.3 Å². The van der Waals surface area contributed by atoms with Crippen molar-refractivity contribution in [2.45, 2.75) is 6.10 Å². The molecule has 4 heteroatoms. The number of benzene rings is 1. The highest BCUT2D eigenvalue weighted by molar-refractivity contribution is 6.49. The summed E-state index contributed by atoms with van der Waals surface area (Å²) in [7, 11) is 0. The van der Waals surface area contributed by atoms with E-state index in [1.165, 1.54) is 0 Å². The van der Waals surface area contributed by atoms with E-state index < -0.39 is 6.10 Å². The van der Waals surface area contributed by atoms with Crippen LogP contribution in [0.25, 0.3) is 16.5 Å². The molecule has 1 unspecified atom stereocenters. The minimum Gasteiger partial charge on any atom is -0.379 e. The van der Waals surface area contributed by atoms with Crippen molar-refractivity contribution in [3.05, 3.63) is 41.1 Å². The predicted octanol–water partition coefficient (Wildman–Crippen LogP) is 2.06. The Balaban J connectivity index is 2.25. The van der Waals surface area contributed by atoms with Crippen LogP contribution in [0.5, 0.6) is 0 Å². The van der Waals surface area contributed by atoms with E-state index in [1.807, 2.05) is 24.3 Å². The molecule has 0 aliphatic heterocycles. The van der Waals surface area contributed by atoms with Crippen molar-refractivity contribution in [1.29, 1.82) is 0 Å². The van der Waals surface area contributed by atoms with E-state index in [1.54, 1.807) is 6.20 Å². The highest BCUT2D eigenvalue weighted by atomic mass is 35.5. The van der Waals surface area contributed by atoms with Gasteiger partial charge < -0.3 is 10.1 Å². The lowest BCUT2D eigenvalue weighted by Crippen LogP contribution is -2.32. The van der Waals surface area contributed by atoms with Gasteiger partial charge in [-0.15, -0.1) is 0 Å². The molecule has 80 valence electrons. The fourth-order valence-corrected chi connectivity index (χ4v) is 2.26. The second-order valence-corrected chi connectivity index (χ2v) is 4.14. The summed E-state index contributed by atoms with van der Waals surface area (Å²) in [5.74, 6) is -0.310. The number of hydrogen-bond acceptors (Lipinski definition) is 2. The molecule has 0 amide bonds. The lowest BCUT2D eigenvalue weighted by molar-refractivity contribution is -0.121. The number of aromatic amines is 1. The third kappa shape index (κ3) is 1.10. The number of halogens is 1. The van der Waals surface area contributed by atoms with Gasteiger partial charge >= 0.3 is 0 Å². The van der Waals surface area contributed by atoms with Crippen molar-refractivity contribution in [3.63, 3.8) is 0 Å². The first kappa shape index (κ1) is 9.63. The van der Waals surface area contributed by atoms with Crippen LogP contribution >= 0.6 is 11.6 Å². The van der Waals surface area contributed by atoms with Gasteiger partial charge in [-0.25, -0.2) is 0 Å². The third-order valence-electron chi connectivity index (χ3n) is 2.83. The Hall–Kier alpha value is -1.58. The van der Waals surface area contributed by atoms with Gasteiger partial charge in [0.1, 0.15) is 0 Å². The molecule has 1 aliphatic rings. The zero-order valence-corrected chi connectivity index (χ0v) is 8.95. The van der Waals surface area contributed by atoms with E-state index in [9.17, 15) is 9.90 Å². The number of carbonyl (C=O) groups excluding carboxylic acids is 1. The van der Waals surface area contributed by atoms with Crippen LogP contribution in [0.2, 0.25) is 0 Å². The van der Waals surface area contributed by atoms with Crippen LogP contribution in [0, 0.1) is 0 Å². The number of rotatable bonds is 1. The van der Waals surface area contributed by atoms with Crippen molar-refractivity contribution in [2.75, 3.05) is 0 Å². The van der Waals surface area contributed by atoms with Gasteiger partial charge in [0.2, 0.25) is 0 Å². The third-order valence-corrected chi connectivity index (χ3v) is 3.23. The summed E-state index contributed by atoms with van der Waals surface area (Å²) in [6.45, 7) is 0. The molecule has 1 atom stereocenters. The number of nitrogens with one attached hydrogen (secondary N) is 1. The first-order chi connectivity index (χ1) is 7.70. The number of ketones is 1. The second kappa shape index (κ2) is 3.20. The van der Waals surface area contributed by atoms with Crippen molar-refractivity contribution < 1.29 is 9.90 Å². The molecule has 1 aromatic heterocycles.